The molecule has 1 nitrogen and oxygen atoms in total. The quantitative estimate of drug-likeness (QED) is 0.608. The second-order valence-electron chi connectivity index (χ2n) is 3.09. The third-order valence-corrected chi connectivity index (χ3v) is 3.54. The molecule has 0 aromatic heterocycles. The number of benzene rings is 1. The molecule has 16 heavy (non-hydrogen) atoms. The van der Waals surface area contributed by atoms with Gasteiger partial charge in [-0.3, -0.25) is 0 Å². The number of methoxy groups -OCH3 is 1. The summed E-state index contributed by atoms with van der Waals surface area (Å²) in [4.78, 5) is 0. The summed E-state index contributed by atoms with van der Waals surface area (Å²) in [5, 5.41) is 1.17. The van der Waals surface area contributed by atoms with E-state index in [-0.39, 0.29) is 0 Å². The van der Waals surface area contributed by atoms with Crippen molar-refractivity contribution in [2.45, 2.75) is 12.2 Å². The molecule has 0 heterocycles. The summed E-state index contributed by atoms with van der Waals surface area (Å²) < 4.78 is 6.16. The summed E-state index contributed by atoms with van der Waals surface area (Å²) in [5.41, 5.74) is 1.22. The number of ether oxygens (including phenoxy) is 1. The van der Waals surface area contributed by atoms with Crippen LogP contribution in [0.5, 0.6) is 0 Å². The Kier molecular flexibility index (Phi) is 6.69. The zero-order chi connectivity index (χ0) is 11.6. The van der Waals surface area contributed by atoms with Crippen molar-refractivity contribution in [2.24, 2.45) is 0 Å². The molecule has 0 aliphatic carbocycles. The molecule has 0 unspecified atom stereocenters. The first-order valence-corrected chi connectivity index (χ1v) is 7.31. The molecule has 0 saturated heterocycles. The molecule has 0 spiro atoms. The van der Waals surface area contributed by atoms with Crippen molar-refractivity contribution >= 4 is 21.0 Å². The van der Waals surface area contributed by atoms with E-state index in [0.29, 0.717) is 21.6 Å². The Morgan fingerprint density at radius 1 is 1.38 bits per heavy atom. The van der Waals surface area contributed by atoms with Crippen molar-refractivity contribution in [3.05, 3.63) is 40.4 Å². The zero-order valence-electron chi connectivity index (χ0n) is 9.69. The van der Waals surface area contributed by atoms with Crippen LogP contribution in [-0.2, 0) is 4.74 Å². The maximum absolute atomic E-state index is 4.93. The topological polar surface area (TPSA) is 9.23 Å². The van der Waals surface area contributed by atoms with Gasteiger partial charge in [0.05, 0.1) is 0 Å². The standard InChI is InChI=1S/C14H16OSe/c1-3-16-14(10-7-11-15-2)12-13-8-5-4-6-9-13/h4-6,8-9,12H,3,11H2,1-2H3/b14-12-. The fourth-order valence-electron chi connectivity index (χ4n) is 1.17. The summed E-state index contributed by atoms with van der Waals surface area (Å²) in [5.74, 6) is 6.20. The van der Waals surface area contributed by atoms with Crippen LogP contribution < -0.4 is 0 Å². The van der Waals surface area contributed by atoms with Crippen LogP contribution in [0.4, 0.5) is 0 Å². The fourth-order valence-corrected chi connectivity index (χ4v) is 2.58. The van der Waals surface area contributed by atoms with Crippen LogP contribution in [0.2, 0.25) is 5.32 Å². The van der Waals surface area contributed by atoms with E-state index in [1.807, 2.05) is 18.2 Å². The first kappa shape index (κ1) is 13.1. The number of rotatable bonds is 4. The van der Waals surface area contributed by atoms with Crippen LogP contribution in [0.25, 0.3) is 6.08 Å². The monoisotopic (exact) mass is 280 g/mol. The number of allylic oxidation sites excluding steroid dienone is 1. The van der Waals surface area contributed by atoms with Gasteiger partial charge in [-0.15, -0.1) is 0 Å². The number of hydrogen-bond acceptors (Lipinski definition) is 1. The Hall–Kier alpha value is -1.00. The molecule has 0 radical (unpaired) electrons. The first-order valence-electron chi connectivity index (χ1n) is 5.24. The predicted octanol–water partition coefficient (Wildman–Crippen LogP) is 2.82. The first-order chi connectivity index (χ1) is 7.86. The number of hydrogen-bond donors (Lipinski definition) is 0. The summed E-state index contributed by atoms with van der Waals surface area (Å²) in [6.07, 6.45) is 2.17. The van der Waals surface area contributed by atoms with E-state index in [0.717, 1.165) is 0 Å². The van der Waals surface area contributed by atoms with Crippen molar-refractivity contribution in [2.75, 3.05) is 13.7 Å². The van der Waals surface area contributed by atoms with Gasteiger partial charge in [-0.2, -0.15) is 0 Å². The molecule has 0 N–H and O–H groups in total. The fraction of sp³-hybridized carbons (Fsp3) is 0.286. The van der Waals surface area contributed by atoms with Crippen molar-refractivity contribution in [1.29, 1.82) is 0 Å². The molecule has 1 aromatic carbocycles. The van der Waals surface area contributed by atoms with Crippen molar-refractivity contribution in [3.8, 4) is 11.8 Å². The SMILES string of the molecule is CC[Se]/C(C#CCOC)=C\c1ccccc1. The molecule has 0 aliphatic rings. The van der Waals surface area contributed by atoms with Gasteiger partial charge in [-0.05, 0) is 0 Å². The summed E-state index contributed by atoms with van der Waals surface area (Å²) in [6.45, 7) is 2.70. The van der Waals surface area contributed by atoms with E-state index in [2.05, 4.69) is 37.0 Å². The molecule has 1 aromatic rings. The van der Waals surface area contributed by atoms with Crippen LogP contribution in [0.15, 0.2) is 34.8 Å². The second-order valence-corrected chi connectivity index (χ2v) is 5.83. The molecule has 0 amide bonds. The Morgan fingerprint density at radius 2 is 2.12 bits per heavy atom. The van der Waals surface area contributed by atoms with Crippen LogP contribution in [0, 0.1) is 11.8 Å². The van der Waals surface area contributed by atoms with Gasteiger partial charge in [0, 0.05) is 0 Å². The van der Waals surface area contributed by atoms with Gasteiger partial charge < -0.3 is 0 Å². The van der Waals surface area contributed by atoms with E-state index in [4.69, 9.17) is 4.74 Å². The molecule has 0 fully saturated rings. The van der Waals surface area contributed by atoms with Crippen molar-refractivity contribution < 1.29 is 4.74 Å². The molecule has 0 saturated carbocycles. The van der Waals surface area contributed by atoms with E-state index >= 15 is 0 Å². The van der Waals surface area contributed by atoms with Crippen LogP contribution in [0.3, 0.4) is 0 Å². The van der Waals surface area contributed by atoms with Crippen molar-refractivity contribution in [1.82, 2.24) is 0 Å². The third kappa shape index (κ3) is 5.19. The molecular formula is C14H16OSe. The Labute approximate surface area is 104 Å². The average molecular weight is 279 g/mol. The van der Waals surface area contributed by atoms with Crippen LogP contribution >= 0.6 is 0 Å². The molecule has 0 bridgehead atoms. The zero-order valence-corrected chi connectivity index (χ0v) is 11.4. The van der Waals surface area contributed by atoms with Gasteiger partial charge >= 0.3 is 104 Å². The Bertz CT molecular complexity index is 384. The molecule has 0 aliphatic heterocycles. The molecular weight excluding hydrogens is 263 g/mol. The van der Waals surface area contributed by atoms with Crippen LogP contribution in [-0.4, -0.2) is 28.7 Å². The van der Waals surface area contributed by atoms with Gasteiger partial charge in [-0.25, -0.2) is 0 Å². The summed E-state index contributed by atoms with van der Waals surface area (Å²) in [6, 6.07) is 10.3. The third-order valence-electron chi connectivity index (χ3n) is 1.83. The minimum atomic E-state index is 0.469. The van der Waals surface area contributed by atoms with Gasteiger partial charge in [0.2, 0.25) is 0 Å². The van der Waals surface area contributed by atoms with E-state index in [1.165, 1.54) is 15.4 Å². The molecule has 0 atom stereocenters. The maximum atomic E-state index is 4.93. The second kappa shape index (κ2) is 8.19. The molecule has 1 rings (SSSR count). The van der Waals surface area contributed by atoms with Gasteiger partial charge in [0.1, 0.15) is 0 Å². The molecule has 84 valence electrons. The normalized spacial score (nSPS) is 10.8. The average Bonchev–Trinajstić information content (AvgIpc) is 2.31. The van der Waals surface area contributed by atoms with Gasteiger partial charge in [0.15, 0.2) is 0 Å². The molecule has 2 heteroatoms. The van der Waals surface area contributed by atoms with E-state index < -0.39 is 0 Å². The van der Waals surface area contributed by atoms with Crippen molar-refractivity contribution in [3.63, 3.8) is 0 Å². The summed E-state index contributed by atoms with van der Waals surface area (Å²) >= 11 is 0.469. The van der Waals surface area contributed by atoms with Gasteiger partial charge in [-0.1, -0.05) is 0 Å². The van der Waals surface area contributed by atoms with Gasteiger partial charge in [0.25, 0.3) is 0 Å². The minimum absolute atomic E-state index is 0.469. The van der Waals surface area contributed by atoms with Crippen LogP contribution in [0.1, 0.15) is 12.5 Å². The predicted molar refractivity (Wildman–Crippen MR) is 70.3 cm³/mol. The summed E-state index contributed by atoms with van der Waals surface area (Å²) in [7, 11) is 1.67. The van der Waals surface area contributed by atoms with E-state index in [1.54, 1.807) is 7.11 Å². The Balaban J connectivity index is 2.78. The Morgan fingerprint density at radius 3 is 2.75 bits per heavy atom. The van der Waals surface area contributed by atoms with E-state index in [9.17, 15) is 0 Å².